The minimum Gasteiger partial charge on any atom is -0.395 e. The Morgan fingerprint density at radius 3 is 2.30 bits per heavy atom. The van der Waals surface area contributed by atoms with Crippen molar-refractivity contribution in [2.75, 3.05) is 38.7 Å². The zero-order valence-electron chi connectivity index (χ0n) is 10.6. The lowest BCUT2D eigenvalue weighted by molar-refractivity contribution is -0.383. The third-order valence-corrected chi connectivity index (χ3v) is 5.90. The maximum Gasteiger partial charge on any atom is 0.304 e. The molecular weight excluding hydrogens is 310 g/mol. The van der Waals surface area contributed by atoms with Crippen LogP contribution >= 0.6 is 11.3 Å². The van der Waals surface area contributed by atoms with E-state index in [2.05, 4.69) is 5.32 Å². The summed E-state index contributed by atoms with van der Waals surface area (Å²) >= 11 is 0.729. The van der Waals surface area contributed by atoms with Crippen molar-refractivity contribution in [1.29, 1.82) is 0 Å². The quantitative estimate of drug-likeness (QED) is 0.440. The van der Waals surface area contributed by atoms with Crippen LogP contribution in [0.15, 0.2) is 10.3 Å². The Bertz CT molecular complexity index is 564. The van der Waals surface area contributed by atoms with Gasteiger partial charge in [0, 0.05) is 26.2 Å². The number of hydrogen-bond donors (Lipinski definition) is 3. The molecule has 114 valence electrons. The minimum absolute atomic E-state index is 0.126. The van der Waals surface area contributed by atoms with E-state index in [0.29, 0.717) is 0 Å². The molecule has 0 bridgehead atoms. The van der Waals surface area contributed by atoms with Gasteiger partial charge < -0.3 is 15.5 Å². The molecule has 0 saturated heterocycles. The largest absolute Gasteiger partial charge is 0.395 e. The highest BCUT2D eigenvalue weighted by Gasteiger charge is 2.30. The third kappa shape index (κ3) is 3.43. The molecular formula is C9H15N3O6S2. The summed E-state index contributed by atoms with van der Waals surface area (Å²) in [6.45, 7) is -1.20. The lowest BCUT2D eigenvalue weighted by Gasteiger charge is -2.18. The van der Waals surface area contributed by atoms with Gasteiger partial charge in [0.05, 0.1) is 18.1 Å². The topological polar surface area (TPSA) is 133 Å². The molecule has 1 aromatic rings. The van der Waals surface area contributed by atoms with Crippen molar-refractivity contribution in [1.82, 2.24) is 4.31 Å². The average Bonchev–Trinajstić information content (AvgIpc) is 2.83. The van der Waals surface area contributed by atoms with Crippen LogP contribution in [0.25, 0.3) is 0 Å². The van der Waals surface area contributed by atoms with Crippen molar-refractivity contribution >= 4 is 32.0 Å². The first-order chi connectivity index (χ1) is 9.38. The van der Waals surface area contributed by atoms with Gasteiger partial charge in [0.15, 0.2) is 5.00 Å². The van der Waals surface area contributed by atoms with Crippen LogP contribution in [0.4, 0.5) is 10.7 Å². The van der Waals surface area contributed by atoms with Gasteiger partial charge in [0.2, 0.25) is 0 Å². The number of hydrogen-bond acceptors (Lipinski definition) is 8. The summed E-state index contributed by atoms with van der Waals surface area (Å²) in [7, 11) is -2.53. The van der Waals surface area contributed by atoms with Gasteiger partial charge in [-0.3, -0.25) is 10.1 Å². The number of nitrogens with one attached hydrogen (secondary N) is 1. The number of anilines is 1. The number of rotatable bonds is 8. The summed E-state index contributed by atoms with van der Waals surface area (Å²) in [6.07, 6.45) is 0. The highest BCUT2D eigenvalue weighted by molar-refractivity contribution is 7.91. The Morgan fingerprint density at radius 2 is 1.95 bits per heavy atom. The molecule has 0 aliphatic heterocycles. The molecule has 3 N–H and O–H groups in total. The first-order valence-corrected chi connectivity index (χ1v) is 7.82. The number of nitro groups is 1. The molecule has 11 heteroatoms. The zero-order valence-corrected chi connectivity index (χ0v) is 12.3. The maximum atomic E-state index is 12.3. The molecule has 0 aromatic carbocycles. The van der Waals surface area contributed by atoms with E-state index in [4.69, 9.17) is 10.2 Å². The van der Waals surface area contributed by atoms with E-state index in [9.17, 15) is 18.5 Å². The molecule has 0 aliphatic rings. The van der Waals surface area contributed by atoms with Gasteiger partial charge in [-0.05, 0) is 0 Å². The molecule has 0 spiro atoms. The highest BCUT2D eigenvalue weighted by atomic mass is 32.2. The average molecular weight is 325 g/mol. The molecule has 1 aromatic heterocycles. The molecule has 0 radical (unpaired) electrons. The van der Waals surface area contributed by atoms with Crippen LogP contribution in [0.2, 0.25) is 0 Å². The van der Waals surface area contributed by atoms with Crippen LogP contribution in [-0.2, 0) is 10.0 Å². The SMILES string of the molecule is CNc1sc(S(=O)(=O)N(CCO)CCO)cc1[N+](=O)[O-]. The predicted octanol–water partition coefficient (Wildman–Crippen LogP) is -0.327. The Balaban J connectivity index is 3.23. The van der Waals surface area contributed by atoms with E-state index >= 15 is 0 Å². The lowest BCUT2D eigenvalue weighted by Crippen LogP contribution is -2.35. The van der Waals surface area contributed by atoms with E-state index in [1.807, 2.05) is 0 Å². The number of aliphatic hydroxyl groups excluding tert-OH is 2. The Kier molecular flexibility index (Phi) is 5.83. The predicted molar refractivity (Wildman–Crippen MR) is 73.5 cm³/mol. The molecule has 20 heavy (non-hydrogen) atoms. The zero-order chi connectivity index (χ0) is 15.3. The van der Waals surface area contributed by atoms with Crippen LogP contribution in [0.3, 0.4) is 0 Å². The van der Waals surface area contributed by atoms with Gasteiger partial charge in [0.1, 0.15) is 4.21 Å². The molecule has 0 saturated carbocycles. The van der Waals surface area contributed by atoms with Crippen molar-refractivity contribution in [3.63, 3.8) is 0 Å². The Labute approximate surface area is 119 Å². The van der Waals surface area contributed by atoms with Crippen molar-refractivity contribution in [3.05, 3.63) is 16.2 Å². The van der Waals surface area contributed by atoms with E-state index < -0.39 is 28.2 Å². The monoisotopic (exact) mass is 325 g/mol. The van der Waals surface area contributed by atoms with Gasteiger partial charge in [-0.25, -0.2) is 8.42 Å². The van der Waals surface area contributed by atoms with Gasteiger partial charge in [-0.15, -0.1) is 0 Å². The van der Waals surface area contributed by atoms with E-state index in [1.54, 1.807) is 0 Å². The van der Waals surface area contributed by atoms with E-state index in [-0.39, 0.29) is 28.0 Å². The second-order valence-corrected chi connectivity index (χ2v) is 6.86. The van der Waals surface area contributed by atoms with Crippen molar-refractivity contribution in [3.8, 4) is 0 Å². The molecule has 0 atom stereocenters. The number of aliphatic hydroxyl groups is 2. The summed E-state index contributed by atoms with van der Waals surface area (Å²) in [5, 5.41) is 31.2. The summed E-state index contributed by atoms with van der Waals surface area (Å²) in [6, 6.07) is 0.966. The highest BCUT2D eigenvalue weighted by Crippen LogP contribution is 2.37. The maximum absolute atomic E-state index is 12.3. The van der Waals surface area contributed by atoms with E-state index in [0.717, 1.165) is 21.7 Å². The minimum atomic E-state index is -3.98. The van der Waals surface area contributed by atoms with Gasteiger partial charge >= 0.3 is 5.69 Å². The van der Waals surface area contributed by atoms with E-state index in [1.165, 1.54) is 7.05 Å². The molecule has 9 nitrogen and oxygen atoms in total. The van der Waals surface area contributed by atoms with Crippen molar-refractivity contribution < 1.29 is 23.6 Å². The van der Waals surface area contributed by atoms with Crippen LogP contribution in [0.5, 0.6) is 0 Å². The standard InChI is InChI=1S/C9H15N3O6S2/c1-10-9-7(12(15)16)6-8(19-9)20(17,18)11(2-4-13)3-5-14/h6,10,13-14H,2-5H2,1H3. The first-order valence-electron chi connectivity index (χ1n) is 5.56. The summed E-state index contributed by atoms with van der Waals surface area (Å²) in [5.41, 5.74) is -0.330. The van der Waals surface area contributed by atoms with Crippen molar-refractivity contribution in [2.45, 2.75) is 4.21 Å². The smallest absolute Gasteiger partial charge is 0.304 e. The first kappa shape index (κ1) is 16.8. The Hall–Kier alpha value is -1.27. The molecule has 0 aliphatic carbocycles. The van der Waals surface area contributed by atoms with Crippen LogP contribution in [0.1, 0.15) is 0 Å². The van der Waals surface area contributed by atoms with Crippen LogP contribution < -0.4 is 5.32 Å². The second kappa shape index (κ2) is 6.95. The van der Waals surface area contributed by atoms with Gasteiger partial charge in [-0.1, -0.05) is 11.3 Å². The number of sulfonamides is 1. The fraction of sp³-hybridized carbons (Fsp3) is 0.556. The second-order valence-electron chi connectivity index (χ2n) is 3.64. The molecule has 0 unspecified atom stereocenters. The normalized spacial score (nSPS) is 11.8. The van der Waals surface area contributed by atoms with Gasteiger partial charge in [0.25, 0.3) is 10.0 Å². The molecule has 0 amide bonds. The summed E-state index contributed by atoms with van der Waals surface area (Å²) in [5.74, 6) is 0. The Morgan fingerprint density at radius 1 is 1.40 bits per heavy atom. The fourth-order valence-electron chi connectivity index (χ4n) is 1.50. The molecule has 1 rings (SSSR count). The lowest BCUT2D eigenvalue weighted by atomic mass is 10.5. The van der Waals surface area contributed by atoms with Crippen molar-refractivity contribution in [2.24, 2.45) is 0 Å². The molecule has 0 fully saturated rings. The number of thiophene rings is 1. The summed E-state index contributed by atoms with van der Waals surface area (Å²) in [4.78, 5) is 10.1. The number of nitrogens with zero attached hydrogens (tertiary/aromatic N) is 2. The molecule has 1 heterocycles. The van der Waals surface area contributed by atoms with Crippen LogP contribution in [-0.4, -0.2) is 61.2 Å². The third-order valence-electron chi connectivity index (χ3n) is 2.41. The summed E-state index contributed by atoms with van der Waals surface area (Å²) < 4.78 is 25.2. The fourth-order valence-corrected chi connectivity index (χ4v) is 4.36. The van der Waals surface area contributed by atoms with Gasteiger partial charge in [-0.2, -0.15) is 4.31 Å². The van der Waals surface area contributed by atoms with Crippen LogP contribution in [0, 0.1) is 10.1 Å².